The van der Waals surface area contributed by atoms with E-state index in [1.807, 2.05) is 12.4 Å². The van der Waals surface area contributed by atoms with Gasteiger partial charge in [-0.15, -0.1) is 0 Å². The molecule has 158 valence electrons. The largest absolute Gasteiger partial charge is 0.471 e. The number of hydrogen-bond acceptors (Lipinski definition) is 7. The second-order valence-corrected chi connectivity index (χ2v) is 8.02. The maximum atomic E-state index is 6.11. The zero-order chi connectivity index (χ0) is 20.3. The molecule has 8 heteroatoms. The molecule has 0 N–H and O–H groups in total. The smallest absolute Gasteiger partial charge is 0.224 e. The Kier molecular flexibility index (Phi) is 5.50. The van der Waals surface area contributed by atoms with Crippen molar-refractivity contribution in [2.75, 3.05) is 50.8 Å². The summed E-state index contributed by atoms with van der Waals surface area (Å²) < 4.78 is 13.6. The van der Waals surface area contributed by atoms with Gasteiger partial charge >= 0.3 is 0 Å². The van der Waals surface area contributed by atoms with Crippen LogP contribution >= 0.6 is 0 Å². The third-order valence-electron chi connectivity index (χ3n) is 6.06. The molecule has 0 spiro atoms. The van der Waals surface area contributed by atoms with Crippen LogP contribution in [0.25, 0.3) is 10.9 Å². The molecule has 8 nitrogen and oxygen atoms in total. The number of benzene rings is 1. The van der Waals surface area contributed by atoms with Gasteiger partial charge < -0.3 is 18.9 Å². The van der Waals surface area contributed by atoms with E-state index in [1.165, 1.54) is 5.69 Å². The first-order valence-corrected chi connectivity index (χ1v) is 10.7. The Morgan fingerprint density at radius 2 is 2.03 bits per heavy atom. The number of piperazine rings is 1. The zero-order valence-corrected chi connectivity index (χ0v) is 17.4. The van der Waals surface area contributed by atoms with Crippen molar-refractivity contribution in [2.45, 2.75) is 18.9 Å². The highest BCUT2D eigenvalue weighted by Gasteiger charge is 2.21. The quantitative estimate of drug-likeness (QED) is 0.617. The van der Waals surface area contributed by atoms with Crippen molar-refractivity contribution in [3.63, 3.8) is 0 Å². The number of aryl methyl sites for hydroxylation is 1. The molecule has 0 radical (unpaired) electrons. The SMILES string of the molecule is Cn1ccnc1CCN1CCN(c2ccc3ncnc(OC4CCOC4)c3c2)CC1. The monoisotopic (exact) mass is 408 g/mol. The van der Waals surface area contributed by atoms with Crippen LogP contribution in [0.1, 0.15) is 12.2 Å². The lowest BCUT2D eigenvalue weighted by molar-refractivity contribution is 0.139. The standard InChI is InChI=1S/C22H28N6O2/c1-26-8-6-23-21(26)4-7-27-9-11-28(12-10-27)17-2-3-20-19(14-17)22(25-16-24-20)30-18-5-13-29-15-18/h2-3,6,8,14,16,18H,4-5,7,9-13,15H2,1H3. The molecule has 2 saturated heterocycles. The van der Waals surface area contributed by atoms with Gasteiger partial charge in [-0.3, -0.25) is 4.90 Å². The number of nitrogens with zero attached hydrogens (tertiary/aromatic N) is 6. The van der Waals surface area contributed by atoms with Crippen molar-refractivity contribution in [1.82, 2.24) is 24.4 Å². The zero-order valence-electron chi connectivity index (χ0n) is 17.4. The van der Waals surface area contributed by atoms with Gasteiger partial charge in [0.25, 0.3) is 0 Å². The molecule has 5 rings (SSSR count). The number of fused-ring (bicyclic) bond motifs is 1. The lowest BCUT2D eigenvalue weighted by atomic mass is 10.1. The van der Waals surface area contributed by atoms with Crippen LogP contribution in [0.15, 0.2) is 36.9 Å². The van der Waals surface area contributed by atoms with Crippen LogP contribution in [-0.4, -0.2) is 76.5 Å². The van der Waals surface area contributed by atoms with Crippen LogP contribution in [-0.2, 0) is 18.2 Å². The fourth-order valence-corrected chi connectivity index (χ4v) is 4.20. The maximum Gasteiger partial charge on any atom is 0.224 e. The first-order chi connectivity index (χ1) is 14.8. The molecule has 4 heterocycles. The average Bonchev–Trinajstić information content (AvgIpc) is 3.44. The van der Waals surface area contributed by atoms with Crippen molar-refractivity contribution in [3.8, 4) is 5.88 Å². The molecular formula is C22H28N6O2. The molecule has 0 saturated carbocycles. The molecule has 1 unspecified atom stereocenters. The van der Waals surface area contributed by atoms with E-state index in [9.17, 15) is 0 Å². The highest BCUT2D eigenvalue weighted by atomic mass is 16.5. The van der Waals surface area contributed by atoms with Crippen molar-refractivity contribution < 1.29 is 9.47 Å². The number of rotatable bonds is 6. The molecule has 0 amide bonds. The number of aromatic nitrogens is 4. The summed E-state index contributed by atoms with van der Waals surface area (Å²) >= 11 is 0. The van der Waals surface area contributed by atoms with Crippen molar-refractivity contribution in [3.05, 3.63) is 42.7 Å². The maximum absolute atomic E-state index is 6.11. The lowest BCUT2D eigenvalue weighted by Gasteiger charge is -2.36. The van der Waals surface area contributed by atoms with Crippen molar-refractivity contribution in [1.29, 1.82) is 0 Å². The van der Waals surface area contributed by atoms with Gasteiger partial charge in [-0.25, -0.2) is 15.0 Å². The first kappa shape index (κ1) is 19.3. The van der Waals surface area contributed by atoms with E-state index in [4.69, 9.17) is 9.47 Å². The molecule has 0 aliphatic carbocycles. The van der Waals surface area contributed by atoms with Crippen LogP contribution in [0, 0.1) is 0 Å². The van der Waals surface area contributed by atoms with Gasteiger partial charge in [0.2, 0.25) is 5.88 Å². The molecule has 1 atom stereocenters. The molecule has 3 aromatic rings. The average molecular weight is 409 g/mol. The lowest BCUT2D eigenvalue weighted by Crippen LogP contribution is -2.47. The van der Waals surface area contributed by atoms with Gasteiger partial charge in [-0.05, 0) is 18.2 Å². The summed E-state index contributed by atoms with van der Waals surface area (Å²) in [6.45, 7) is 6.55. The number of hydrogen-bond donors (Lipinski definition) is 0. The molecule has 2 fully saturated rings. The van der Waals surface area contributed by atoms with E-state index in [0.717, 1.165) is 68.9 Å². The molecule has 1 aromatic carbocycles. The summed E-state index contributed by atoms with van der Waals surface area (Å²) in [6.07, 6.45) is 7.43. The second-order valence-electron chi connectivity index (χ2n) is 8.02. The van der Waals surface area contributed by atoms with Gasteiger partial charge in [0.05, 0.1) is 24.1 Å². The summed E-state index contributed by atoms with van der Waals surface area (Å²) in [5.74, 6) is 1.80. The summed E-state index contributed by atoms with van der Waals surface area (Å²) in [7, 11) is 2.06. The van der Waals surface area contributed by atoms with Crippen LogP contribution in [0.5, 0.6) is 5.88 Å². The predicted molar refractivity (Wildman–Crippen MR) is 115 cm³/mol. The Balaban J connectivity index is 1.24. The minimum absolute atomic E-state index is 0.0778. The topological polar surface area (TPSA) is 68.5 Å². The highest BCUT2D eigenvalue weighted by Crippen LogP contribution is 2.28. The van der Waals surface area contributed by atoms with Crippen LogP contribution < -0.4 is 9.64 Å². The second kappa shape index (κ2) is 8.57. The fourth-order valence-electron chi connectivity index (χ4n) is 4.20. The summed E-state index contributed by atoms with van der Waals surface area (Å²) in [5.41, 5.74) is 2.12. The van der Waals surface area contributed by atoms with Gasteiger partial charge in [0.1, 0.15) is 18.3 Å². The molecule has 2 aliphatic rings. The van der Waals surface area contributed by atoms with E-state index < -0.39 is 0 Å². The molecular weight excluding hydrogens is 380 g/mol. The van der Waals surface area contributed by atoms with Gasteiger partial charge in [-0.1, -0.05) is 0 Å². The highest BCUT2D eigenvalue weighted by molar-refractivity contribution is 5.86. The van der Waals surface area contributed by atoms with E-state index >= 15 is 0 Å². The Hall–Kier alpha value is -2.71. The Bertz CT molecular complexity index is 992. The van der Waals surface area contributed by atoms with E-state index in [-0.39, 0.29) is 6.10 Å². The summed E-state index contributed by atoms with van der Waals surface area (Å²) in [4.78, 5) is 18.2. The molecule has 2 aliphatic heterocycles. The number of anilines is 1. The minimum Gasteiger partial charge on any atom is -0.471 e. The molecule has 0 bridgehead atoms. The predicted octanol–water partition coefficient (Wildman–Crippen LogP) is 1.90. The van der Waals surface area contributed by atoms with Gasteiger partial charge in [0.15, 0.2) is 0 Å². The van der Waals surface area contributed by atoms with Gasteiger partial charge in [0, 0.05) is 70.7 Å². The van der Waals surface area contributed by atoms with Crippen LogP contribution in [0.3, 0.4) is 0 Å². The van der Waals surface area contributed by atoms with Crippen LogP contribution in [0.4, 0.5) is 5.69 Å². The van der Waals surface area contributed by atoms with E-state index in [0.29, 0.717) is 12.5 Å². The summed E-state index contributed by atoms with van der Waals surface area (Å²) in [5, 5.41) is 0.971. The van der Waals surface area contributed by atoms with Gasteiger partial charge in [-0.2, -0.15) is 0 Å². The van der Waals surface area contributed by atoms with E-state index in [1.54, 1.807) is 6.33 Å². The molecule has 30 heavy (non-hydrogen) atoms. The number of imidazole rings is 1. The van der Waals surface area contributed by atoms with E-state index in [2.05, 4.69) is 54.6 Å². The normalized spacial score (nSPS) is 20.2. The Morgan fingerprint density at radius 1 is 1.13 bits per heavy atom. The minimum atomic E-state index is 0.0778. The van der Waals surface area contributed by atoms with Crippen molar-refractivity contribution >= 4 is 16.6 Å². The third-order valence-corrected chi connectivity index (χ3v) is 6.06. The number of ether oxygens (including phenoxy) is 2. The van der Waals surface area contributed by atoms with Crippen molar-refractivity contribution in [2.24, 2.45) is 7.05 Å². The Morgan fingerprint density at radius 3 is 2.80 bits per heavy atom. The van der Waals surface area contributed by atoms with Crippen LogP contribution in [0.2, 0.25) is 0 Å². The Labute approximate surface area is 176 Å². The third kappa shape index (κ3) is 4.11. The first-order valence-electron chi connectivity index (χ1n) is 10.7. The summed E-state index contributed by atoms with van der Waals surface area (Å²) in [6, 6.07) is 6.39. The molecule has 2 aromatic heterocycles. The fraction of sp³-hybridized carbons (Fsp3) is 0.500.